The number of benzene rings is 2. The Hall–Kier alpha value is -3.40. The molecule has 2 aromatic rings. The van der Waals surface area contributed by atoms with Gasteiger partial charge in [-0.25, -0.2) is 0 Å². The molecule has 0 saturated heterocycles. The largest absolute Gasteiger partial charge is 0.494 e. The van der Waals surface area contributed by atoms with Crippen LogP contribution >= 0.6 is 0 Å². The molecule has 25 heavy (non-hydrogen) atoms. The van der Waals surface area contributed by atoms with E-state index in [1.165, 1.54) is 12.1 Å². The zero-order valence-electron chi connectivity index (χ0n) is 13.7. The summed E-state index contributed by atoms with van der Waals surface area (Å²) < 4.78 is 5.52. The Morgan fingerprint density at radius 2 is 2.00 bits per heavy atom. The molecule has 2 aromatic carbocycles. The van der Waals surface area contributed by atoms with Crippen LogP contribution in [0.3, 0.4) is 0 Å². The molecule has 0 heterocycles. The Bertz CT molecular complexity index is 810. The molecule has 0 atom stereocenters. The van der Waals surface area contributed by atoms with Crippen LogP contribution < -0.4 is 10.1 Å². The van der Waals surface area contributed by atoms with Gasteiger partial charge in [0.1, 0.15) is 11.4 Å². The minimum Gasteiger partial charge on any atom is -0.494 e. The summed E-state index contributed by atoms with van der Waals surface area (Å²) in [4.78, 5) is 22.7. The zero-order chi connectivity index (χ0) is 18.2. The van der Waals surface area contributed by atoms with Crippen molar-refractivity contribution in [3.63, 3.8) is 0 Å². The molecule has 0 bridgehead atoms. The molecule has 0 saturated carbocycles. The highest BCUT2D eigenvalue weighted by molar-refractivity contribution is 6.05. The standard InChI is InChI=1S/C18H17N3O4/c1-2-3-10-25-15-7-5-14(6-8-15)18(22)20-16-9-4-13(12-19)11-17(16)21(23)24/h4-9,11H,2-3,10H2,1H3,(H,20,22). The predicted molar refractivity (Wildman–Crippen MR) is 92.6 cm³/mol. The van der Waals surface area contributed by atoms with Crippen molar-refractivity contribution in [2.75, 3.05) is 11.9 Å². The third-order valence-electron chi connectivity index (χ3n) is 3.45. The van der Waals surface area contributed by atoms with Gasteiger partial charge in [0.05, 0.1) is 23.2 Å². The SMILES string of the molecule is CCCCOc1ccc(C(=O)Nc2ccc(C#N)cc2[N+](=O)[O-])cc1. The van der Waals surface area contributed by atoms with E-state index >= 15 is 0 Å². The van der Waals surface area contributed by atoms with Crippen molar-refractivity contribution in [2.45, 2.75) is 19.8 Å². The van der Waals surface area contributed by atoms with Crippen LogP contribution in [-0.4, -0.2) is 17.4 Å². The number of nitrogens with one attached hydrogen (secondary N) is 1. The number of carbonyl (C=O) groups is 1. The predicted octanol–water partition coefficient (Wildman–Crippen LogP) is 3.90. The van der Waals surface area contributed by atoms with Crippen LogP contribution in [0.5, 0.6) is 5.75 Å². The van der Waals surface area contributed by atoms with Crippen LogP contribution in [0.2, 0.25) is 0 Å². The summed E-state index contributed by atoms with van der Waals surface area (Å²) in [5, 5.41) is 22.4. The van der Waals surface area contributed by atoms with Gasteiger partial charge in [0.15, 0.2) is 0 Å². The molecule has 7 nitrogen and oxygen atoms in total. The van der Waals surface area contributed by atoms with Gasteiger partial charge in [-0.15, -0.1) is 0 Å². The number of carbonyl (C=O) groups excluding carboxylic acids is 1. The highest BCUT2D eigenvalue weighted by atomic mass is 16.6. The monoisotopic (exact) mass is 339 g/mol. The fourth-order valence-electron chi connectivity index (χ4n) is 2.09. The molecule has 0 aromatic heterocycles. The molecule has 0 aliphatic heterocycles. The van der Waals surface area contributed by atoms with Gasteiger partial charge in [-0.2, -0.15) is 5.26 Å². The lowest BCUT2D eigenvalue weighted by atomic mass is 10.1. The smallest absolute Gasteiger partial charge is 0.294 e. The number of nitro groups is 1. The molecule has 128 valence electrons. The normalized spacial score (nSPS) is 9.92. The first-order valence-electron chi connectivity index (χ1n) is 7.78. The van der Waals surface area contributed by atoms with Crippen LogP contribution in [0.4, 0.5) is 11.4 Å². The molecule has 2 rings (SSSR count). The number of anilines is 1. The second-order valence-electron chi connectivity index (χ2n) is 5.28. The Kier molecular flexibility index (Phi) is 6.07. The Labute approximate surface area is 145 Å². The molecule has 0 unspecified atom stereocenters. The molecule has 1 amide bonds. The molecule has 0 radical (unpaired) electrons. The molecule has 0 spiro atoms. The summed E-state index contributed by atoms with van der Waals surface area (Å²) in [5.41, 5.74) is 0.212. The van der Waals surface area contributed by atoms with Gasteiger partial charge < -0.3 is 10.1 Å². The first kappa shape index (κ1) is 17.9. The lowest BCUT2D eigenvalue weighted by molar-refractivity contribution is -0.383. The highest BCUT2D eigenvalue weighted by Gasteiger charge is 2.17. The van der Waals surface area contributed by atoms with Gasteiger partial charge in [0, 0.05) is 11.6 Å². The summed E-state index contributed by atoms with van der Waals surface area (Å²) in [6.45, 7) is 2.68. The second kappa shape index (κ2) is 8.45. The lowest BCUT2D eigenvalue weighted by Crippen LogP contribution is -2.13. The van der Waals surface area contributed by atoms with Crippen molar-refractivity contribution in [3.05, 3.63) is 63.7 Å². The van der Waals surface area contributed by atoms with E-state index in [4.69, 9.17) is 10.00 Å². The topological polar surface area (TPSA) is 105 Å². The van der Waals surface area contributed by atoms with Gasteiger partial charge in [-0.3, -0.25) is 14.9 Å². The third-order valence-corrected chi connectivity index (χ3v) is 3.45. The van der Waals surface area contributed by atoms with Crippen LogP contribution in [0.15, 0.2) is 42.5 Å². The molecule has 7 heteroatoms. The quantitative estimate of drug-likeness (QED) is 0.468. The third kappa shape index (κ3) is 4.78. The summed E-state index contributed by atoms with van der Waals surface area (Å²) >= 11 is 0. The van der Waals surface area contributed by atoms with E-state index in [1.54, 1.807) is 24.3 Å². The van der Waals surface area contributed by atoms with E-state index in [0.29, 0.717) is 17.9 Å². The number of ether oxygens (including phenoxy) is 1. The van der Waals surface area contributed by atoms with E-state index < -0.39 is 10.8 Å². The van der Waals surface area contributed by atoms with Crippen molar-refractivity contribution >= 4 is 17.3 Å². The van der Waals surface area contributed by atoms with Gasteiger partial charge in [0.25, 0.3) is 11.6 Å². The van der Waals surface area contributed by atoms with Crippen molar-refractivity contribution < 1.29 is 14.5 Å². The maximum atomic E-state index is 12.3. The fourth-order valence-corrected chi connectivity index (χ4v) is 2.09. The maximum Gasteiger partial charge on any atom is 0.294 e. The van der Waals surface area contributed by atoms with E-state index in [1.807, 2.05) is 6.07 Å². The molecule has 0 fully saturated rings. The Balaban J connectivity index is 2.12. The van der Waals surface area contributed by atoms with Gasteiger partial charge in [-0.1, -0.05) is 13.3 Å². The van der Waals surface area contributed by atoms with Crippen molar-refractivity contribution in [1.29, 1.82) is 5.26 Å². The number of nitrogens with zero attached hydrogens (tertiary/aromatic N) is 2. The molecule has 0 aliphatic carbocycles. The minimum atomic E-state index is -0.638. The summed E-state index contributed by atoms with van der Waals surface area (Å²) in [6, 6.07) is 12.2. The number of hydrogen-bond acceptors (Lipinski definition) is 5. The van der Waals surface area contributed by atoms with E-state index in [2.05, 4.69) is 12.2 Å². The van der Waals surface area contributed by atoms with Gasteiger partial charge >= 0.3 is 0 Å². The molecule has 1 N–H and O–H groups in total. The Morgan fingerprint density at radius 1 is 1.28 bits per heavy atom. The molecular weight excluding hydrogens is 322 g/mol. The lowest BCUT2D eigenvalue weighted by Gasteiger charge is -2.08. The van der Waals surface area contributed by atoms with Crippen LogP contribution in [0, 0.1) is 21.4 Å². The Morgan fingerprint density at radius 3 is 2.60 bits per heavy atom. The first-order valence-corrected chi connectivity index (χ1v) is 7.78. The zero-order valence-corrected chi connectivity index (χ0v) is 13.7. The number of nitro benzene ring substituents is 1. The minimum absolute atomic E-state index is 0.0391. The van der Waals surface area contributed by atoms with E-state index in [9.17, 15) is 14.9 Å². The van der Waals surface area contributed by atoms with Gasteiger partial charge in [0.2, 0.25) is 0 Å². The number of hydrogen-bond donors (Lipinski definition) is 1. The van der Waals surface area contributed by atoms with E-state index in [0.717, 1.165) is 18.9 Å². The van der Waals surface area contributed by atoms with E-state index in [-0.39, 0.29) is 16.9 Å². The fraction of sp³-hybridized carbons (Fsp3) is 0.222. The number of rotatable bonds is 7. The van der Waals surface area contributed by atoms with Gasteiger partial charge in [-0.05, 0) is 42.8 Å². The molecule has 0 aliphatic rings. The maximum absolute atomic E-state index is 12.3. The summed E-state index contributed by atoms with van der Waals surface area (Å²) in [7, 11) is 0. The first-order chi connectivity index (χ1) is 12.0. The van der Waals surface area contributed by atoms with Crippen LogP contribution in [0.1, 0.15) is 35.7 Å². The van der Waals surface area contributed by atoms with Crippen molar-refractivity contribution in [3.8, 4) is 11.8 Å². The van der Waals surface area contributed by atoms with Crippen molar-refractivity contribution in [2.24, 2.45) is 0 Å². The van der Waals surface area contributed by atoms with Crippen molar-refractivity contribution in [1.82, 2.24) is 0 Å². The summed E-state index contributed by atoms with van der Waals surface area (Å²) in [5.74, 6) is 0.183. The average molecular weight is 339 g/mol. The number of unbranched alkanes of at least 4 members (excludes halogenated alkanes) is 1. The summed E-state index contributed by atoms with van der Waals surface area (Å²) in [6.07, 6.45) is 1.98. The molecular formula is C18H17N3O4. The second-order valence-corrected chi connectivity index (χ2v) is 5.28. The average Bonchev–Trinajstić information content (AvgIpc) is 2.62. The number of amides is 1. The van der Waals surface area contributed by atoms with Crippen LogP contribution in [-0.2, 0) is 0 Å². The highest BCUT2D eigenvalue weighted by Crippen LogP contribution is 2.26. The van der Waals surface area contributed by atoms with Crippen LogP contribution in [0.25, 0.3) is 0 Å². The number of nitriles is 1.